The van der Waals surface area contributed by atoms with E-state index in [2.05, 4.69) is 29.1 Å². The Morgan fingerprint density at radius 2 is 1.51 bits per heavy atom. The summed E-state index contributed by atoms with van der Waals surface area (Å²) in [4.78, 5) is 53.8. The van der Waals surface area contributed by atoms with Crippen molar-refractivity contribution in [3.8, 4) is 0 Å². The molecular weight excluding hydrogens is 500 g/mol. The molecule has 0 spiro atoms. The maximum atomic E-state index is 13.0. The number of hydrogen-bond acceptors (Lipinski definition) is 6. The number of benzene rings is 1. The first-order valence-corrected chi connectivity index (χ1v) is 13.5. The Kier molecular flexibility index (Phi) is 11.3. The topological polar surface area (TPSA) is 131 Å². The summed E-state index contributed by atoms with van der Waals surface area (Å²) >= 11 is 0. The molecular formula is C29H38N4O6. The minimum atomic E-state index is -1.82. The lowest BCUT2D eigenvalue weighted by molar-refractivity contribution is -0.159. The molecule has 2 aromatic rings. The summed E-state index contributed by atoms with van der Waals surface area (Å²) in [6, 6.07) is 11.8. The van der Waals surface area contributed by atoms with Crippen LogP contribution in [-0.2, 0) is 20.8 Å². The van der Waals surface area contributed by atoms with Crippen LogP contribution in [0.5, 0.6) is 0 Å². The molecule has 10 heteroatoms. The van der Waals surface area contributed by atoms with Gasteiger partial charge in [0, 0.05) is 63.4 Å². The number of carboxylic acids is 2. The number of aliphatic carboxylic acids is 2. The quantitative estimate of drug-likeness (QED) is 0.514. The van der Waals surface area contributed by atoms with Gasteiger partial charge in [-0.15, -0.1) is 0 Å². The van der Waals surface area contributed by atoms with Crippen molar-refractivity contribution in [2.45, 2.75) is 44.9 Å². The molecule has 1 aromatic carbocycles. The largest absolute Gasteiger partial charge is 0.473 e. The van der Waals surface area contributed by atoms with Crippen molar-refractivity contribution in [2.75, 3.05) is 44.7 Å². The van der Waals surface area contributed by atoms with Crippen LogP contribution in [0.15, 0.2) is 48.8 Å². The molecule has 1 aromatic heterocycles. The molecule has 39 heavy (non-hydrogen) atoms. The molecule has 0 unspecified atom stereocenters. The second-order valence-corrected chi connectivity index (χ2v) is 10.1. The van der Waals surface area contributed by atoms with Crippen LogP contribution in [0, 0.1) is 5.92 Å². The van der Waals surface area contributed by atoms with Crippen LogP contribution < -0.4 is 4.90 Å². The van der Waals surface area contributed by atoms with Crippen molar-refractivity contribution in [2.24, 2.45) is 5.92 Å². The van der Waals surface area contributed by atoms with Crippen LogP contribution in [0.25, 0.3) is 0 Å². The molecule has 1 aliphatic heterocycles. The van der Waals surface area contributed by atoms with Gasteiger partial charge in [0.2, 0.25) is 5.91 Å². The van der Waals surface area contributed by atoms with E-state index in [1.165, 1.54) is 38.5 Å². The van der Waals surface area contributed by atoms with Gasteiger partial charge >= 0.3 is 11.9 Å². The molecule has 2 N–H and O–H groups in total. The molecule has 2 amide bonds. The number of rotatable bonds is 7. The van der Waals surface area contributed by atoms with E-state index in [1.54, 1.807) is 12.4 Å². The molecule has 210 valence electrons. The predicted octanol–water partition coefficient (Wildman–Crippen LogP) is 3.17. The second kappa shape index (κ2) is 14.8. The summed E-state index contributed by atoms with van der Waals surface area (Å²) in [5, 5.41) is 14.8. The van der Waals surface area contributed by atoms with E-state index < -0.39 is 11.9 Å². The molecule has 1 saturated heterocycles. The Hall–Kier alpha value is -3.95. The van der Waals surface area contributed by atoms with Crippen LogP contribution in [0.4, 0.5) is 5.69 Å². The summed E-state index contributed by atoms with van der Waals surface area (Å²) in [5.74, 6) is -2.64. The van der Waals surface area contributed by atoms with Crippen molar-refractivity contribution in [1.29, 1.82) is 0 Å². The summed E-state index contributed by atoms with van der Waals surface area (Å²) in [7, 11) is 2.14. The lowest BCUT2D eigenvalue weighted by Crippen LogP contribution is -2.51. The number of piperazine rings is 1. The van der Waals surface area contributed by atoms with E-state index in [1.807, 2.05) is 34.1 Å². The standard InChI is InChI=1S/C27H36N4O2.C2H2O4/c1-29(15-13-22-6-3-2-4-7-22)25-11-9-24(10-12-25)27(33)31-18-16-30(17-19-31)26(32)20-23-8-5-14-28-21-23;3-1(4)2(5)6/h5,8-12,14,21-22H,2-4,6-7,13,15-20H2,1H3;(H,3,4)(H,5,6). The van der Waals surface area contributed by atoms with Gasteiger partial charge in [-0.3, -0.25) is 14.6 Å². The molecule has 0 bridgehead atoms. The zero-order valence-corrected chi connectivity index (χ0v) is 22.5. The van der Waals surface area contributed by atoms with Crippen LogP contribution in [0.2, 0.25) is 0 Å². The maximum Gasteiger partial charge on any atom is 0.414 e. The van der Waals surface area contributed by atoms with E-state index in [0.717, 1.165) is 29.3 Å². The smallest absolute Gasteiger partial charge is 0.414 e. The summed E-state index contributed by atoms with van der Waals surface area (Å²) in [5.41, 5.74) is 2.80. The number of carbonyl (C=O) groups is 4. The normalized spacial score (nSPS) is 15.6. The molecule has 2 heterocycles. The number of aromatic nitrogens is 1. The van der Waals surface area contributed by atoms with Gasteiger partial charge in [0.25, 0.3) is 5.91 Å². The van der Waals surface area contributed by atoms with Crippen LogP contribution >= 0.6 is 0 Å². The van der Waals surface area contributed by atoms with E-state index in [4.69, 9.17) is 19.8 Å². The summed E-state index contributed by atoms with van der Waals surface area (Å²) in [6.07, 6.45) is 12.0. The van der Waals surface area contributed by atoms with Crippen molar-refractivity contribution < 1.29 is 29.4 Å². The van der Waals surface area contributed by atoms with E-state index in [0.29, 0.717) is 32.6 Å². The van der Waals surface area contributed by atoms with Gasteiger partial charge in [-0.25, -0.2) is 9.59 Å². The number of amides is 2. The Labute approximate surface area is 229 Å². The van der Waals surface area contributed by atoms with Gasteiger partial charge in [0.15, 0.2) is 0 Å². The zero-order valence-electron chi connectivity index (χ0n) is 22.5. The Balaban J connectivity index is 0.000000631. The molecule has 2 fully saturated rings. The zero-order chi connectivity index (χ0) is 28.2. The first-order valence-electron chi connectivity index (χ1n) is 13.5. The highest BCUT2D eigenvalue weighted by Crippen LogP contribution is 2.27. The predicted molar refractivity (Wildman–Crippen MR) is 147 cm³/mol. The minimum Gasteiger partial charge on any atom is -0.473 e. The molecule has 1 aliphatic carbocycles. The van der Waals surface area contributed by atoms with Crippen molar-refractivity contribution in [1.82, 2.24) is 14.8 Å². The SMILES string of the molecule is CN(CCC1CCCCC1)c1ccc(C(=O)N2CCN(C(=O)Cc3cccnc3)CC2)cc1.O=C(O)C(=O)O. The minimum absolute atomic E-state index is 0.0470. The first-order chi connectivity index (χ1) is 18.7. The Morgan fingerprint density at radius 1 is 0.897 bits per heavy atom. The summed E-state index contributed by atoms with van der Waals surface area (Å²) < 4.78 is 0. The molecule has 1 saturated carbocycles. The molecule has 0 radical (unpaired) electrons. The highest BCUT2D eigenvalue weighted by Gasteiger charge is 2.25. The number of carbonyl (C=O) groups excluding carboxylic acids is 2. The van der Waals surface area contributed by atoms with Gasteiger partial charge in [0.05, 0.1) is 6.42 Å². The van der Waals surface area contributed by atoms with Gasteiger partial charge < -0.3 is 24.9 Å². The number of hydrogen-bond donors (Lipinski definition) is 2. The van der Waals surface area contributed by atoms with Crippen LogP contribution in [-0.4, -0.2) is 88.5 Å². The van der Waals surface area contributed by atoms with Gasteiger partial charge in [-0.1, -0.05) is 38.2 Å². The fraction of sp³-hybridized carbons (Fsp3) is 0.483. The number of anilines is 1. The average molecular weight is 539 g/mol. The van der Waals surface area contributed by atoms with Crippen molar-refractivity contribution in [3.63, 3.8) is 0 Å². The lowest BCUT2D eigenvalue weighted by atomic mass is 9.87. The van der Waals surface area contributed by atoms with E-state index in [9.17, 15) is 9.59 Å². The lowest BCUT2D eigenvalue weighted by Gasteiger charge is -2.35. The van der Waals surface area contributed by atoms with Crippen molar-refractivity contribution >= 4 is 29.4 Å². The molecule has 0 atom stereocenters. The Bertz CT molecular complexity index is 1080. The van der Waals surface area contributed by atoms with Gasteiger partial charge in [0.1, 0.15) is 0 Å². The molecule has 10 nitrogen and oxygen atoms in total. The monoisotopic (exact) mass is 538 g/mol. The molecule has 2 aliphatic rings. The fourth-order valence-corrected chi connectivity index (χ4v) is 4.97. The second-order valence-electron chi connectivity index (χ2n) is 10.1. The summed E-state index contributed by atoms with van der Waals surface area (Å²) in [6.45, 7) is 3.36. The Morgan fingerprint density at radius 3 is 2.08 bits per heavy atom. The van der Waals surface area contributed by atoms with Gasteiger partial charge in [-0.05, 0) is 48.2 Å². The van der Waals surface area contributed by atoms with Gasteiger partial charge in [-0.2, -0.15) is 0 Å². The van der Waals surface area contributed by atoms with E-state index in [-0.39, 0.29) is 11.8 Å². The van der Waals surface area contributed by atoms with E-state index >= 15 is 0 Å². The number of pyridine rings is 1. The third kappa shape index (κ3) is 9.38. The van der Waals surface area contributed by atoms with Crippen LogP contribution in [0.3, 0.4) is 0 Å². The van der Waals surface area contributed by atoms with Crippen LogP contribution in [0.1, 0.15) is 54.4 Å². The third-order valence-corrected chi connectivity index (χ3v) is 7.33. The highest BCUT2D eigenvalue weighted by molar-refractivity contribution is 6.27. The highest BCUT2D eigenvalue weighted by atomic mass is 16.4. The number of nitrogens with zero attached hydrogens (tertiary/aromatic N) is 4. The maximum absolute atomic E-state index is 13.0. The van der Waals surface area contributed by atoms with Crippen molar-refractivity contribution in [3.05, 3.63) is 59.9 Å². The molecule has 4 rings (SSSR count). The number of carboxylic acid groups (broad SMARTS) is 2. The third-order valence-electron chi connectivity index (χ3n) is 7.33. The first kappa shape index (κ1) is 29.6. The average Bonchev–Trinajstić information content (AvgIpc) is 2.97. The fourth-order valence-electron chi connectivity index (χ4n) is 4.97.